The van der Waals surface area contributed by atoms with Gasteiger partial charge in [0.1, 0.15) is 11.6 Å². The first-order valence-electron chi connectivity index (χ1n) is 6.25. The van der Waals surface area contributed by atoms with Crippen LogP contribution in [0.1, 0.15) is 30.6 Å². The third-order valence-corrected chi connectivity index (χ3v) is 3.49. The maximum Gasteiger partial charge on any atom is 0.300 e. The van der Waals surface area contributed by atoms with Crippen molar-refractivity contribution < 1.29 is 23.2 Å². The van der Waals surface area contributed by atoms with E-state index < -0.39 is 41.1 Å². The van der Waals surface area contributed by atoms with Gasteiger partial charge in [0.2, 0.25) is 0 Å². The molecule has 0 saturated heterocycles. The summed E-state index contributed by atoms with van der Waals surface area (Å²) in [6.07, 6.45) is 0.563. The average Bonchev–Trinajstić information content (AvgIpc) is 2.68. The number of Topliss-reactive ketones (excluding diaryl/α,β-unsaturated/α-hetero) is 2. The van der Waals surface area contributed by atoms with Gasteiger partial charge < -0.3 is 0 Å². The highest BCUT2D eigenvalue weighted by molar-refractivity contribution is 6.52. The Labute approximate surface area is 114 Å². The molecule has 0 saturated carbocycles. The van der Waals surface area contributed by atoms with Gasteiger partial charge >= 0.3 is 0 Å². The van der Waals surface area contributed by atoms with E-state index in [-0.39, 0.29) is 11.7 Å². The number of fused-ring (bicyclic) bond motifs is 1. The highest BCUT2D eigenvalue weighted by Crippen LogP contribution is 2.33. The molecule has 1 atom stereocenters. The van der Waals surface area contributed by atoms with Crippen LogP contribution in [0.5, 0.6) is 0 Å². The van der Waals surface area contributed by atoms with Crippen molar-refractivity contribution in [3.8, 4) is 0 Å². The molecule has 20 heavy (non-hydrogen) atoms. The first-order chi connectivity index (χ1) is 9.38. The van der Waals surface area contributed by atoms with Gasteiger partial charge in [0.25, 0.3) is 11.7 Å². The van der Waals surface area contributed by atoms with Gasteiger partial charge in [0.05, 0.1) is 17.8 Å². The van der Waals surface area contributed by atoms with Crippen molar-refractivity contribution in [2.75, 3.05) is 11.4 Å². The SMILES string of the molecule is CCC(C)C(=O)CN1C(=O)C(=O)c2c(F)ccc(F)c21. The molecule has 1 heterocycles. The second-order valence-electron chi connectivity index (χ2n) is 4.75. The van der Waals surface area contributed by atoms with Crippen molar-refractivity contribution >= 4 is 23.2 Å². The number of rotatable bonds is 4. The average molecular weight is 281 g/mol. The number of hydrogen-bond donors (Lipinski definition) is 0. The van der Waals surface area contributed by atoms with Crippen molar-refractivity contribution in [2.45, 2.75) is 20.3 Å². The lowest BCUT2D eigenvalue weighted by Gasteiger charge is -2.18. The van der Waals surface area contributed by atoms with Crippen LogP contribution in [-0.4, -0.2) is 24.0 Å². The third-order valence-electron chi connectivity index (χ3n) is 3.49. The molecule has 4 nitrogen and oxygen atoms in total. The number of nitrogens with zero attached hydrogens (tertiary/aromatic N) is 1. The van der Waals surface area contributed by atoms with Gasteiger partial charge in [-0.15, -0.1) is 0 Å². The molecule has 1 aromatic carbocycles. The third kappa shape index (κ3) is 2.11. The van der Waals surface area contributed by atoms with E-state index in [1.54, 1.807) is 13.8 Å². The summed E-state index contributed by atoms with van der Waals surface area (Å²) < 4.78 is 27.4. The van der Waals surface area contributed by atoms with E-state index in [1.807, 2.05) is 0 Å². The van der Waals surface area contributed by atoms with E-state index in [0.29, 0.717) is 6.42 Å². The fourth-order valence-corrected chi connectivity index (χ4v) is 2.04. The fourth-order valence-electron chi connectivity index (χ4n) is 2.04. The minimum Gasteiger partial charge on any atom is -0.297 e. The van der Waals surface area contributed by atoms with E-state index in [2.05, 4.69) is 0 Å². The normalized spacial score (nSPS) is 15.5. The van der Waals surface area contributed by atoms with E-state index >= 15 is 0 Å². The monoisotopic (exact) mass is 281 g/mol. The maximum absolute atomic E-state index is 13.8. The summed E-state index contributed by atoms with van der Waals surface area (Å²) in [6, 6.07) is 1.63. The molecule has 1 amide bonds. The van der Waals surface area contributed by atoms with Crippen molar-refractivity contribution in [3.63, 3.8) is 0 Å². The van der Waals surface area contributed by atoms with Crippen LogP contribution in [0.2, 0.25) is 0 Å². The van der Waals surface area contributed by atoms with Gasteiger partial charge in [0, 0.05) is 5.92 Å². The number of amides is 1. The van der Waals surface area contributed by atoms with Crippen molar-refractivity contribution in [1.82, 2.24) is 0 Å². The Morgan fingerprint density at radius 1 is 1.25 bits per heavy atom. The highest BCUT2D eigenvalue weighted by Gasteiger charge is 2.41. The van der Waals surface area contributed by atoms with Gasteiger partial charge in [0.15, 0.2) is 5.78 Å². The molecule has 0 bridgehead atoms. The Kier molecular flexibility index (Phi) is 3.65. The molecule has 1 unspecified atom stereocenters. The lowest BCUT2D eigenvalue weighted by molar-refractivity contribution is -0.123. The molecule has 0 radical (unpaired) electrons. The van der Waals surface area contributed by atoms with Crippen LogP contribution in [0.4, 0.5) is 14.5 Å². The summed E-state index contributed by atoms with van der Waals surface area (Å²) in [6.45, 7) is 3.05. The molecule has 0 fully saturated rings. The smallest absolute Gasteiger partial charge is 0.297 e. The number of carbonyl (C=O) groups is 3. The number of halogens is 2. The molecule has 1 aliphatic rings. The number of carbonyl (C=O) groups excluding carboxylic acids is 3. The summed E-state index contributed by atoms with van der Waals surface area (Å²) >= 11 is 0. The molecule has 0 spiro atoms. The molecular formula is C14H13F2NO3. The Hall–Kier alpha value is -2.11. The lowest BCUT2D eigenvalue weighted by Crippen LogP contribution is -2.36. The van der Waals surface area contributed by atoms with Gasteiger partial charge in [-0.3, -0.25) is 19.3 Å². The lowest BCUT2D eigenvalue weighted by atomic mass is 10.0. The van der Waals surface area contributed by atoms with Crippen molar-refractivity contribution in [1.29, 1.82) is 0 Å². The summed E-state index contributed by atoms with van der Waals surface area (Å²) in [4.78, 5) is 36.1. The summed E-state index contributed by atoms with van der Waals surface area (Å²) in [7, 11) is 0. The summed E-state index contributed by atoms with van der Waals surface area (Å²) in [5.74, 6) is -4.66. The highest BCUT2D eigenvalue weighted by atomic mass is 19.1. The number of hydrogen-bond acceptors (Lipinski definition) is 3. The number of ketones is 2. The Balaban J connectivity index is 2.44. The number of anilines is 1. The minimum absolute atomic E-state index is 0.301. The van der Waals surface area contributed by atoms with Crippen LogP contribution >= 0.6 is 0 Å². The molecule has 1 aliphatic heterocycles. The Bertz CT molecular complexity index is 613. The first-order valence-corrected chi connectivity index (χ1v) is 6.25. The van der Waals surface area contributed by atoms with Gasteiger partial charge in [-0.2, -0.15) is 0 Å². The molecule has 0 aromatic heterocycles. The Morgan fingerprint density at radius 2 is 1.85 bits per heavy atom. The molecule has 0 N–H and O–H groups in total. The molecule has 106 valence electrons. The minimum atomic E-state index is -1.12. The standard InChI is InChI=1S/C14H13F2NO3/c1-3-7(2)10(18)6-17-12-9(16)5-4-8(15)11(12)13(19)14(17)20/h4-5,7H,3,6H2,1-2H3. The van der Waals surface area contributed by atoms with E-state index in [1.165, 1.54) is 0 Å². The number of benzene rings is 1. The van der Waals surface area contributed by atoms with E-state index in [0.717, 1.165) is 17.0 Å². The first kappa shape index (κ1) is 14.3. The zero-order chi connectivity index (χ0) is 15.0. The summed E-state index contributed by atoms with van der Waals surface area (Å²) in [5.41, 5.74) is -1.02. The topological polar surface area (TPSA) is 54.5 Å². The van der Waals surface area contributed by atoms with Crippen molar-refractivity contribution in [3.05, 3.63) is 29.3 Å². The van der Waals surface area contributed by atoms with Crippen LogP contribution in [0.15, 0.2) is 12.1 Å². The van der Waals surface area contributed by atoms with Crippen LogP contribution in [0.25, 0.3) is 0 Å². The summed E-state index contributed by atoms with van der Waals surface area (Å²) in [5, 5.41) is 0. The van der Waals surface area contributed by atoms with Crippen LogP contribution in [-0.2, 0) is 9.59 Å². The van der Waals surface area contributed by atoms with Crippen LogP contribution in [0, 0.1) is 17.6 Å². The van der Waals surface area contributed by atoms with E-state index in [9.17, 15) is 23.2 Å². The second-order valence-corrected chi connectivity index (χ2v) is 4.75. The zero-order valence-corrected chi connectivity index (χ0v) is 11.1. The molecule has 0 aliphatic carbocycles. The second kappa shape index (κ2) is 5.11. The van der Waals surface area contributed by atoms with Gasteiger partial charge in [-0.1, -0.05) is 13.8 Å². The Morgan fingerprint density at radius 3 is 2.45 bits per heavy atom. The van der Waals surface area contributed by atoms with Gasteiger partial charge in [-0.05, 0) is 18.6 Å². The molecule has 2 rings (SSSR count). The van der Waals surface area contributed by atoms with Gasteiger partial charge in [-0.25, -0.2) is 8.78 Å². The largest absolute Gasteiger partial charge is 0.300 e. The maximum atomic E-state index is 13.8. The molecule has 6 heteroatoms. The van der Waals surface area contributed by atoms with E-state index in [4.69, 9.17) is 0 Å². The van der Waals surface area contributed by atoms with Crippen LogP contribution < -0.4 is 4.90 Å². The molecular weight excluding hydrogens is 268 g/mol. The fraction of sp³-hybridized carbons (Fsp3) is 0.357. The van der Waals surface area contributed by atoms with Crippen molar-refractivity contribution in [2.24, 2.45) is 5.92 Å². The zero-order valence-electron chi connectivity index (χ0n) is 11.1. The molecule has 1 aromatic rings. The quantitative estimate of drug-likeness (QED) is 0.794. The predicted molar refractivity (Wildman–Crippen MR) is 67.5 cm³/mol. The van der Waals surface area contributed by atoms with Crippen LogP contribution in [0.3, 0.4) is 0 Å². The predicted octanol–water partition coefficient (Wildman–Crippen LogP) is 2.11.